The number of amides is 1. The number of benzene rings is 2. The van der Waals surface area contributed by atoms with Crippen molar-refractivity contribution in [3.8, 4) is 0 Å². The van der Waals surface area contributed by atoms with Gasteiger partial charge in [-0.15, -0.1) is 0 Å². The molecule has 0 aliphatic rings. The highest BCUT2D eigenvalue weighted by Crippen LogP contribution is 2.15. The van der Waals surface area contributed by atoms with Crippen LogP contribution in [0.2, 0.25) is 5.02 Å². The third kappa shape index (κ3) is 3.94. The fourth-order valence-corrected chi connectivity index (χ4v) is 2.37. The van der Waals surface area contributed by atoms with Crippen molar-refractivity contribution in [2.24, 2.45) is 0 Å². The van der Waals surface area contributed by atoms with E-state index in [4.69, 9.17) is 16.3 Å². The van der Waals surface area contributed by atoms with Crippen LogP contribution in [0.15, 0.2) is 54.6 Å². The van der Waals surface area contributed by atoms with E-state index in [0.29, 0.717) is 17.3 Å². The lowest BCUT2D eigenvalue weighted by atomic mass is 10.2. The Hall–Kier alpha value is -2.79. The van der Waals surface area contributed by atoms with E-state index in [1.807, 2.05) is 36.4 Å². The van der Waals surface area contributed by atoms with E-state index in [9.17, 15) is 9.59 Å². The highest BCUT2D eigenvalue weighted by Gasteiger charge is 2.12. The lowest BCUT2D eigenvalue weighted by molar-refractivity contribution is -0.124. The predicted molar refractivity (Wildman–Crippen MR) is 91.9 cm³/mol. The third-order valence-electron chi connectivity index (χ3n) is 3.49. The topological polar surface area (TPSA) is 71.2 Å². The quantitative estimate of drug-likeness (QED) is 0.699. The molecule has 0 saturated carbocycles. The van der Waals surface area contributed by atoms with Crippen LogP contribution >= 0.6 is 11.6 Å². The number of ether oxygens (including phenoxy) is 1. The molecule has 3 aromatic rings. The van der Waals surface area contributed by atoms with Crippen molar-refractivity contribution in [1.82, 2.24) is 10.3 Å². The summed E-state index contributed by atoms with van der Waals surface area (Å²) < 4.78 is 5.02. The average molecular weight is 343 g/mol. The van der Waals surface area contributed by atoms with E-state index < -0.39 is 5.97 Å². The highest BCUT2D eigenvalue weighted by atomic mass is 35.5. The fourth-order valence-electron chi connectivity index (χ4n) is 2.25. The summed E-state index contributed by atoms with van der Waals surface area (Å²) in [6.45, 7) is 0.0156. The third-order valence-corrected chi connectivity index (χ3v) is 3.74. The van der Waals surface area contributed by atoms with Crippen molar-refractivity contribution < 1.29 is 14.3 Å². The van der Waals surface area contributed by atoms with Gasteiger partial charge in [-0.25, -0.2) is 4.79 Å². The smallest absolute Gasteiger partial charge is 0.355 e. The lowest BCUT2D eigenvalue weighted by Crippen LogP contribution is -2.28. The molecule has 1 heterocycles. The monoisotopic (exact) mass is 342 g/mol. The van der Waals surface area contributed by atoms with Gasteiger partial charge in [0, 0.05) is 22.5 Å². The van der Waals surface area contributed by atoms with Crippen molar-refractivity contribution in [3.63, 3.8) is 0 Å². The number of esters is 1. The average Bonchev–Trinajstić information content (AvgIpc) is 3.03. The number of halogens is 1. The van der Waals surface area contributed by atoms with Crippen molar-refractivity contribution in [2.45, 2.75) is 6.54 Å². The van der Waals surface area contributed by atoms with E-state index in [2.05, 4.69) is 10.3 Å². The zero-order chi connectivity index (χ0) is 16.9. The van der Waals surface area contributed by atoms with Gasteiger partial charge in [0.2, 0.25) is 0 Å². The first-order chi connectivity index (χ1) is 11.6. The van der Waals surface area contributed by atoms with E-state index in [1.165, 1.54) is 0 Å². The van der Waals surface area contributed by atoms with Crippen LogP contribution in [0.5, 0.6) is 0 Å². The van der Waals surface area contributed by atoms with Crippen LogP contribution in [0.1, 0.15) is 16.1 Å². The molecule has 0 aliphatic heterocycles. The lowest BCUT2D eigenvalue weighted by Gasteiger charge is -2.06. The molecule has 122 valence electrons. The van der Waals surface area contributed by atoms with Gasteiger partial charge >= 0.3 is 5.97 Å². The second-order valence-corrected chi connectivity index (χ2v) is 5.69. The van der Waals surface area contributed by atoms with Crippen molar-refractivity contribution >= 4 is 34.4 Å². The Balaban J connectivity index is 1.50. The normalized spacial score (nSPS) is 10.5. The van der Waals surface area contributed by atoms with Crippen LogP contribution in [-0.4, -0.2) is 23.5 Å². The molecule has 24 heavy (non-hydrogen) atoms. The van der Waals surface area contributed by atoms with Crippen LogP contribution in [-0.2, 0) is 16.1 Å². The number of para-hydroxylation sites is 1. The predicted octanol–water partition coefficient (Wildman–Crippen LogP) is 3.29. The molecule has 2 N–H and O–H groups in total. The van der Waals surface area contributed by atoms with Gasteiger partial charge < -0.3 is 15.0 Å². The Morgan fingerprint density at radius 2 is 1.83 bits per heavy atom. The molecule has 2 aromatic carbocycles. The molecule has 0 saturated heterocycles. The Morgan fingerprint density at radius 1 is 1.08 bits per heavy atom. The highest BCUT2D eigenvalue weighted by molar-refractivity contribution is 6.30. The van der Waals surface area contributed by atoms with Gasteiger partial charge in [0.15, 0.2) is 6.61 Å². The summed E-state index contributed by atoms with van der Waals surface area (Å²) in [5, 5.41) is 4.23. The zero-order valence-electron chi connectivity index (χ0n) is 12.7. The molecule has 0 unspecified atom stereocenters. The zero-order valence-corrected chi connectivity index (χ0v) is 13.5. The Kier molecular flexibility index (Phi) is 4.82. The fraction of sp³-hybridized carbons (Fsp3) is 0.111. The Bertz CT molecular complexity index is 838. The molecule has 5 nitrogen and oxygen atoms in total. The SMILES string of the molecule is O=C(COC(=O)c1cc2ccccc2[nH]1)NCc1ccc(Cl)cc1. The molecular weight excluding hydrogens is 328 g/mol. The first-order valence-electron chi connectivity index (χ1n) is 7.38. The van der Waals surface area contributed by atoms with E-state index in [1.54, 1.807) is 18.2 Å². The molecule has 0 aliphatic carbocycles. The van der Waals surface area contributed by atoms with Crippen LogP contribution in [0, 0.1) is 0 Å². The minimum Gasteiger partial charge on any atom is -0.451 e. The number of H-pyrrole nitrogens is 1. The number of hydrogen-bond acceptors (Lipinski definition) is 3. The molecule has 1 amide bonds. The van der Waals surface area contributed by atoms with Crippen LogP contribution in [0.3, 0.4) is 0 Å². The minimum absolute atomic E-state index is 0.321. The van der Waals surface area contributed by atoms with E-state index in [-0.39, 0.29) is 12.5 Å². The van der Waals surface area contributed by atoms with E-state index in [0.717, 1.165) is 16.5 Å². The van der Waals surface area contributed by atoms with Crippen molar-refractivity contribution in [2.75, 3.05) is 6.61 Å². The number of nitrogens with one attached hydrogen (secondary N) is 2. The summed E-state index contributed by atoms with van der Waals surface area (Å²) in [7, 11) is 0. The molecule has 1 aromatic heterocycles. The Morgan fingerprint density at radius 3 is 2.58 bits per heavy atom. The van der Waals surface area contributed by atoms with Gasteiger partial charge in [0.1, 0.15) is 5.69 Å². The summed E-state index contributed by atoms with van der Waals surface area (Å²) in [4.78, 5) is 26.7. The Labute approximate surface area is 143 Å². The van der Waals surface area contributed by atoms with Gasteiger partial charge in [-0.1, -0.05) is 41.9 Å². The second kappa shape index (κ2) is 7.19. The number of rotatable bonds is 5. The largest absolute Gasteiger partial charge is 0.451 e. The van der Waals surface area contributed by atoms with Gasteiger partial charge in [-0.05, 0) is 29.8 Å². The van der Waals surface area contributed by atoms with Gasteiger partial charge in [-0.3, -0.25) is 4.79 Å². The maximum absolute atomic E-state index is 12.0. The number of fused-ring (bicyclic) bond motifs is 1. The summed E-state index contributed by atoms with van der Waals surface area (Å²) in [6.07, 6.45) is 0. The first kappa shape index (κ1) is 16.1. The second-order valence-electron chi connectivity index (χ2n) is 5.25. The van der Waals surface area contributed by atoms with Gasteiger partial charge in [0.25, 0.3) is 5.91 Å². The minimum atomic E-state index is -0.562. The number of carbonyl (C=O) groups is 2. The standard InChI is InChI=1S/C18H15ClN2O3/c19-14-7-5-12(6-8-14)10-20-17(22)11-24-18(23)16-9-13-3-1-2-4-15(13)21-16/h1-9,21H,10-11H2,(H,20,22). The molecular formula is C18H15ClN2O3. The molecule has 0 spiro atoms. The van der Waals surface area contributed by atoms with Crippen LogP contribution in [0.25, 0.3) is 10.9 Å². The summed E-state index contributed by atoms with van der Waals surface area (Å²) >= 11 is 5.80. The number of carbonyl (C=O) groups excluding carboxylic acids is 2. The van der Waals surface area contributed by atoms with Gasteiger partial charge in [0.05, 0.1) is 0 Å². The van der Waals surface area contributed by atoms with Crippen LogP contribution < -0.4 is 5.32 Å². The summed E-state index contributed by atoms with van der Waals surface area (Å²) in [5.74, 6) is -0.928. The molecule has 0 atom stereocenters. The maximum atomic E-state index is 12.0. The van der Waals surface area contributed by atoms with Gasteiger partial charge in [-0.2, -0.15) is 0 Å². The number of aromatic amines is 1. The first-order valence-corrected chi connectivity index (χ1v) is 7.75. The van der Waals surface area contributed by atoms with E-state index >= 15 is 0 Å². The summed E-state index contributed by atoms with van der Waals surface area (Å²) in [5.41, 5.74) is 2.08. The number of aromatic nitrogens is 1. The molecule has 0 fully saturated rings. The summed E-state index contributed by atoms with van der Waals surface area (Å²) in [6, 6.07) is 16.3. The molecule has 0 radical (unpaired) electrons. The molecule has 0 bridgehead atoms. The van der Waals surface area contributed by atoms with Crippen LogP contribution in [0.4, 0.5) is 0 Å². The molecule has 3 rings (SSSR count). The molecule has 6 heteroatoms. The van der Waals surface area contributed by atoms with Crippen molar-refractivity contribution in [3.05, 3.63) is 70.9 Å². The maximum Gasteiger partial charge on any atom is 0.355 e. The van der Waals surface area contributed by atoms with Crippen molar-refractivity contribution in [1.29, 1.82) is 0 Å². The number of hydrogen-bond donors (Lipinski definition) is 2.